The van der Waals surface area contributed by atoms with E-state index in [1.54, 1.807) is 0 Å². The van der Waals surface area contributed by atoms with Crippen LogP contribution in [-0.4, -0.2) is 25.0 Å². The third-order valence-corrected chi connectivity index (χ3v) is 7.35. The fourth-order valence-electron chi connectivity index (χ4n) is 5.14. The Hall–Kier alpha value is -0.820. The molecule has 2 atom stereocenters. The Balaban J connectivity index is 1.58. The second-order valence-electron chi connectivity index (χ2n) is 9.09. The Bertz CT molecular complexity index is 498. The van der Waals surface area contributed by atoms with Gasteiger partial charge in [-0.2, -0.15) is 0 Å². The predicted octanol–water partition coefficient (Wildman–Crippen LogP) is 5.72. The van der Waals surface area contributed by atoms with Crippen LogP contribution in [0.5, 0.6) is 0 Å². The molecule has 0 aromatic heterocycles. The van der Waals surface area contributed by atoms with Gasteiger partial charge in [-0.05, 0) is 80.3 Å². The Morgan fingerprint density at radius 3 is 2.22 bits per heavy atom. The van der Waals surface area contributed by atoms with Crippen LogP contribution in [0, 0.1) is 16.7 Å². The van der Waals surface area contributed by atoms with Gasteiger partial charge in [0, 0.05) is 6.54 Å². The number of rotatable bonds is 4. The first-order valence-corrected chi connectivity index (χ1v) is 9.66. The van der Waals surface area contributed by atoms with E-state index in [0.29, 0.717) is 16.7 Å². The average Bonchev–Trinajstić information content (AvgIpc) is 2.92. The van der Waals surface area contributed by atoms with Crippen molar-refractivity contribution in [3.8, 4) is 0 Å². The molecule has 2 unspecified atom stereocenters. The van der Waals surface area contributed by atoms with Gasteiger partial charge in [0.1, 0.15) is 0 Å². The summed E-state index contributed by atoms with van der Waals surface area (Å²) in [5.74, 6) is 1.49. The molecule has 3 rings (SSSR count). The van der Waals surface area contributed by atoms with E-state index in [1.165, 1.54) is 57.2 Å². The molecule has 2 fully saturated rings. The maximum Gasteiger partial charge on any atom is 0.00354 e. The minimum atomic E-state index is 0.551. The van der Waals surface area contributed by atoms with Crippen molar-refractivity contribution in [1.82, 2.24) is 4.90 Å². The Kier molecular flexibility index (Phi) is 4.88. The number of benzene rings is 1. The molecule has 1 aliphatic heterocycles. The fourth-order valence-corrected chi connectivity index (χ4v) is 5.14. The van der Waals surface area contributed by atoms with Gasteiger partial charge in [0.25, 0.3) is 0 Å². The summed E-state index contributed by atoms with van der Waals surface area (Å²) in [5.41, 5.74) is 2.72. The van der Waals surface area contributed by atoms with Crippen molar-refractivity contribution in [2.75, 3.05) is 20.1 Å². The maximum atomic E-state index is 2.57. The normalized spacial score (nSPS) is 34.6. The molecule has 23 heavy (non-hydrogen) atoms. The molecule has 1 saturated carbocycles. The van der Waals surface area contributed by atoms with Crippen LogP contribution in [0.4, 0.5) is 0 Å². The van der Waals surface area contributed by atoms with E-state index in [4.69, 9.17) is 0 Å². The molecule has 1 aromatic carbocycles. The molecule has 1 saturated heterocycles. The van der Waals surface area contributed by atoms with Gasteiger partial charge in [-0.3, -0.25) is 0 Å². The van der Waals surface area contributed by atoms with Crippen LogP contribution >= 0.6 is 0 Å². The van der Waals surface area contributed by atoms with E-state index in [-0.39, 0.29) is 0 Å². The van der Waals surface area contributed by atoms with Gasteiger partial charge in [0.05, 0.1) is 0 Å². The summed E-state index contributed by atoms with van der Waals surface area (Å²) in [5, 5.41) is 0. The molecule has 1 aliphatic carbocycles. The summed E-state index contributed by atoms with van der Waals surface area (Å²) in [7, 11) is 2.30. The van der Waals surface area contributed by atoms with E-state index in [2.05, 4.69) is 63.1 Å². The Morgan fingerprint density at radius 2 is 1.65 bits per heavy atom. The second kappa shape index (κ2) is 6.59. The summed E-state index contributed by atoms with van der Waals surface area (Å²) < 4.78 is 0. The SMILES string of the molecule is CC(CC(C)C1(C)CCC2(CCN(C)C2)CC1)c1ccccc1. The van der Waals surface area contributed by atoms with Crippen LogP contribution in [0.25, 0.3) is 0 Å². The highest BCUT2D eigenvalue weighted by Crippen LogP contribution is 2.53. The minimum Gasteiger partial charge on any atom is -0.306 e. The quantitative estimate of drug-likeness (QED) is 0.687. The standard InChI is InChI=1S/C22H35N/c1-18(20-8-6-5-7-9-20)16-19(2)21(3)10-12-22(13-11-21)14-15-23(4)17-22/h5-9,18-19H,10-17H2,1-4H3. The van der Waals surface area contributed by atoms with Gasteiger partial charge in [-0.15, -0.1) is 0 Å². The van der Waals surface area contributed by atoms with Crippen molar-refractivity contribution in [2.24, 2.45) is 16.7 Å². The zero-order chi connectivity index (χ0) is 16.5. The fraction of sp³-hybridized carbons (Fsp3) is 0.727. The molecule has 0 amide bonds. The topological polar surface area (TPSA) is 3.24 Å². The highest BCUT2D eigenvalue weighted by molar-refractivity contribution is 5.18. The van der Waals surface area contributed by atoms with Gasteiger partial charge in [-0.1, -0.05) is 51.1 Å². The molecule has 128 valence electrons. The summed E-state index contributed by atoms with van der Waals surface area (Å²) in [6, 6.07) is 11.1. The Morgan fingerprint density at radius 1 is 1.00 bits per heavy atom. The van der Waals surface area contributed by atoms with Crippen LogP contribution < -0.4 is 0 Å². The van der Waals surface area contributed by atoms with Crippen molar-refractivity contribution in [1.29, 1.82) is 0 Å². The molecule has 1 heteroatoms. The summed E-state index contributed by atoms with van der Waals surface area (Å²) in [6.07, 6.45) is 8.55. The average molecular weight is 314 g/mol. The van der Waals surface area contributed by atoms with Crippen molar-refractivity contribution in [3.63, 3.8) is 0 Å². The first-order valence-electron chi connectivity index (χ1n) is 9.66. The molecular weight excluding hydrogens is 278 g/mol. The zero-order valence-corrected chi connectivity index (χ0v) is 15.6. The highest BCUT2D eigenvalue weighted by atomic mass is 15.1. The van der Waals surface area contributed by atoms with Gasteiger partial charge in [-0.25, -0.2) is 0 Å². The minimum absolute atomic E-state index is 0.551. The van der Waals surface area contributed by atoms with E-state index in [1.807, 2.05) is 0 Å². The molecule has 1 aromatic rings. The second-order valence-corrected chi connectivity index (χ2v) is 9.09. The third kappa shape index (κ3) is 3.65. The number of likely N-dealkylation sites (tertiary alicyclic amines) is 1. The van der Waals surface area contributed by atoms with E-state index < -0.39 is 0 Å². The number of hydrogen-bond donors (Lipinski definition) is 0. The lowest BCUT2D eigenvalue weighted by Gasteiger charge is -2.47. The van der Waals surface area contributed by atoms with Gasteiger partial charge in [0.2, 0.25) is 0 Å². The largest absolute Gasteiger partial charge is 0.306 e. The molecule has 2 aliphatic rings. The van der Waals surface area contributed by atoms with Gasteiger partial charge < -0.3 is 4.90 Å². The van der Waals surface area contributed by atoms with Gasteiger partial charge in [0.15, 0.2) is 0 Å². The Labute approximate surface area is 143 Å². The molecule has 1 spiro atoms. The molecule has 0 bridgehead atoms. The van der Waals surface area contributed by atoms with Crippen LogP contribution in [0.3, 0.4) is 0 Å². The monoisotopic (exact) mass is 313 g/mol. The zero-order valence-electron chi connectivity index (χ0n) is 15.6. The third-order valence-electron chi connectivity index (χ3n) is 7.35. The highest BCUT2D eigenvalue weighted by Gasteiger charge is 2.45. The van der Waals surface area contributed by atoms with Crippen LogP contribution in [0.15, 0.2) is 30.3 Å². The summed E-state index contributed by atoms with van der Waals surface area (Å²) >= 11 is 0. The summed E-state index contributed by atoms with van der Waals surface area (Å²) in [6.45, 7) is 10.2. The van der Waals surface area contributed by atoms with E-state index in [0.717, 1.165) is 5.92 Å². The first-order chi connectivity index (χ1) is 10.9. The van der Waals surface area contributed by atoms with Crippen molar-refractivity contribution >= 4 is 0 Å². The molecule has 1 heterocycles. The van der Waals surface area contributed by atoms with Gasteiger partial charge >= 0.3 is 0 Å². The van der Waals surface area contributed by atoms with E-state index >= 15 is 0 Å². The number of hydrogen-bond acceptors (Lipinski definition) is 1. The van der Waals surface area contributed by atoms with Crippen molar-refractivity contribution in [2.45, 2.75) is 65.2 Å². The maximum absolute atomic E-state index is 2.57. The first kappa shape index (κ1) is 17.0. The van der Waals surface area contributed by atoms with Crippen LogP contribution in [0.1, 0.15) is 70.8 Å². The van der Waals surface area contributed by atoms with Crippen molar-refractivity contribution < 1.29 is 0 Å². The van der Waals surface area contributed by atoms with Crippen molar-refractivity contribution in [3.05, 3.63) is 35.9 Å². The number of nitrogens with zero attached hydrogens (tertiary/aromatic N) is 1. The van der Waals surface area contributed by atoms with E-state index in [9.17, 15) is 0 Å². The molecule has 1 nitrogen and oxygen atoms in total. The molecule has 0 N–H and O–H groups in total. The summed E-state index contributed by atoms with van der Waals surface area (Å²) in [4.78, 5) is 2.55. The lowest BCUT2D eigenvalue weighted by molar-refractivity contribution is 0.0482. The van der Waals surface area contributed by atoms with Crippen LogP contribution in [0.2, 0.25) is 0 Å². The smallest absolute Gasteiger partial charge is 0.00354 e. The van der Waals surface area contributed by atoms with Crippen LogP contribution in [-0.2, 0) is 0 Å². The lowest BCUT2D eigenvalue weighted by atomic mass is 9.59. The predicted molar refractivity (Wildman–Crippen MR) is 99.8 cm³/mol. The molecular formula is C22H35N. The lowest BCUT2D eigenvalue weighted by Crippen LogP contribution is -2.38. The molecule has 0 radical (unpaired) electrons.